The highest BCUT2D eigenvalue weighted by Gasteiger charge is 2.05. The van der Waals surface area contributed by atoms with Crippen LogP contribution < -0.4 is 15.8 Å². The summed E-state index contributed by atoms with van der Waals surface area (Å²) in [5.41, 5.74) is 5.39. The summed E-state index contributed by atoms with van der Waals surface area (Å²) in [5.74, 6) is 0.101. The number of carbonyl (C=O) groups excluding carboxylic acids is 1. The first-order valence-corrected chi connectivity index (χ1v) is 5.99. The van der Waals surface area contributed by atoms with E-state index in [4.69, 9.17) is 10.5 Å². The second kappa shape index (κ2) is 9.58. The molecule has 1 rings (SSSR count). The van der Waals surface area contributed by atoms with Gasteiger partial charge < -0.3 is 15.8 Å². The van der Waals surface area contributed by atoms with Gasteiger partial charge in [0.15, 0.2) is 0 Å². The summed E-state index contributed by atoms with van der Waals surface area (Å²) in [6.07, 6.45) is 0.958. The second-order valence-corrected chi connectivity index (χ2v) is 4.11. The molecular weight excluding hydrogens is 271 g/mol. The lowest BCUT2D eigenvalue weighted by Crippen LogP contribution is -2.37. The molecule has 108 valence electrons. The number of rotatable bonds is 7. The maximum Gasteiger partial charge on any atom is 0.220 e. The third-order valence-electron chi connectivity index (χ3n) is 2.37. The summed E-state index contributed by atoms with van der Waals surface area (Å²) in [5, 5.41) is 2.76. The van der Waals surface area contributed by atoms with Crippen molar-refractivity contribution in [1.29, 1.82) is 0 Å². The van der Waals surface area contributed by atoms with Gasteiger partial charge in [0.05, 0.1) is 6.61 Å². The molecule has 0 bridgehead atoms. The van der Waals surface area contributed by atoms with Crippen LogP contribution in [-0.4, -0.2) is 25.1 Å². The van der Waals surface area contributed by atoms with Crippen LogP contribution in [0.2, 0.25) is 0 Å². The molecule has 1 atom stereocenters. The van der Waals surface area contributed by atoms with E-state index in [1.165, 1.54) is 12.1 Å². The fourth-order valence-corrected chi connectivity index (χ4v) is 1.39. The molecule has 0 unspecified atom stereocenters. The van der Waals surface area contributed by atoms with Gasteiger partial charge in [-0.25, -0.2) is 4.39 Å². The summed E-state index contributed by atoms with van der Waals surface area (Å²) in [6, 6.07) is 5.92. The third-order valence-corrected chi connectivity index (χ3v) is 2.37. The molecule has 0 saturated heterocycles. The molecule has 6 heteroatoms. The van der Waals surface area contributed by atoms with Crippen molar-refractivity contribution in [3.05, 3.63) is 30.1 Å². The van der Waals surface area contributed by atoms with Crippen molar-refractivity contribution in [2.45, 2.75) is 25.8 Å². The summed E-state index contributed by atoms with van der Waals surface area (Å²) >= 11 is 0. The average Bonchev–Trinajstić information content (AvgIpc) is 2.34. The highest BCUT2D eigenvalue weighted by atomic mass is 35.5. The molecular formula is C13H20ClFN2O2. The number of benzene rings is 1. The zero-order chi connectivity index (χ0) is 13.4. The van der Waals surface area contributed by atoms with Crippen molar-refractivity contribution >= 4 is 18.3 Å². The number of hydrogen-bond donors (Lipinski definition) is 2. The van der Waals surface area contributed by atoms with E-state index in [0.717, 1.165) is 0 Å². The third kappa shape index (κ3) is 7.64. The fraction of sp³-hybridized carbons (Fsp3) is 0.462. The number of carbonyl (C=O) groups is 1. The lowest BCUT2D eigenvalue weighted by Gasteiger charge is -2.11. The van der Waals surface area contributed by atoms with Gasteiger partial charge in [-0.05, 0) is 25.5 Å². The van der Waals surface area contributed by atoms with Crippen LogP contribution >= 0.6 is 12.4 Å². The Morgan fingerprint density at radius 3 is 2.89 bits per heavy atom. The summed E-state index contributed by atoms with van der Waals surface area (Å²) in [4.78, 5) is 11.4. The molecule has 1 aromatic rings. The number of ether oxygens (including phenoxy) is 1. The van der Waals surface area contributed by atoms with Crippen LogP contribution in [0.4, 0.5) is 4.39 Å². The summed E-state index contributed by atoms with van der Waals surface area (Å²) in [6.45, 7) is 2.65. The van der Waals surface area contributed by atoms with Crippen LogP contribution in [0.3, 0.4) is 0 Å². The largest absolute Gasteiger partial charge is 0.493 e. The normalized spacial score (nSPS) is 11.3. The zero-order valence-electron chi connectivity index (χ0n) is 10.9. The minimum atomic E-state index is -0.331. The van der Waals surface area contributed by atoms with Crippen molar-refractivity contribution in [3.8, 4) is 5.75 Å². The highest BCUT2D eigenvalue weighted by molar-refractivity contribution is 5.85. The van der Waals surface area contributed by atoms with Crippen LogP contribution in [0.5, 0.6) is 5.75 Å². The number of nitrogens with one attached hydrogen (secondary N) is 1. The van der Waals surface area contributed by atoms with E-state index in [1.54, 1.807) is 12.1 Å². The van der Waals surface area contributed by atoms with Crippen LogP contribution in [0.1, 0.15) is 19.8 Å². The molecule has 4 nitrogen and oxygen atoms in total. The minimum Gasteiger partial charge on any atom is -0.493 e. The minimum absolute atomic E-state index is 0. The predicted octanol–water partition coefficient (Wildman–Crippen LogP) is 1.87. The van der Waals surface area contributed by atoms with E-state index < -0.39 is 0 Å². The molecule has 3 N–H and O–H groups in total. The molecule has 1 amide bonds. The number of amides is 1. The standard InChI is InChI=1S/C13H19FN2O2.ClH/c1-10(9-15)16-13(17)6-3-7-18-12-5-2-4-11(14)8-12;/h2,4-5,8,10H,3,6-7,9,15H2,1H3,(H,16,17);1H/t10-;/m0./s1. The van der Waals surface area contributed by atoms with Crippen LogP contribution in [-0.2, 0) is 4.79 Å². The van der Waals surface area contributed by atoms with Gasteiger partial charge in [-0.3, -0.25) is 4.79 Å². The molecule has 0 aliphatic rings. The Bertz CT molecular complexity index is 391. The molecule has 0 spiro atoms. The smallest absolute Gasteiger partial charge is 0.220 e. The van der Waals surface area contributed by atoms with Crippen molar-refractivity contribution < 1.29 is 13.9 Å². The van der Waals surface area contributed by atoms with Crippen LogP contribution in [0.25, 0.3) is 0 Å². The van der Waals surface area contributed by atoms with Gasteiger partial charge in [0.1, 0.15) is 11.6 Å². The Hall–Kier alpha value is -1.33. The van der Waals surface area contributed by atoms with E-state index >= 15 is 0 Å². The molecule has 0 saturated carbocycles. The highest BCUT2D eigenvalue weighted by Crippen LogP contribution is 2.12. The van der Waals surface area contributed by atoms with Crippen LogP contribution in [0, 0.1) is 5.82 Å². The number of halogens is 2. The van der Waals surface area contributed by atoms with E-state index in [-0.39, 0.29) is 30.2 Å². The quantitative estimate of drug-likeness (QED) is 0.754. The van der Waals surface area contributed by atoms with E-state index in [0.29, 0.717) is 31.7 Å². The predicted molar refractivity (Wildman–Crippen MR) is 75.0 cm³/mol. The van der Waals surface area contributed by atoms with Crippen LogP contribution in [0.15, 0.2) is 24.3 Å². The molecule has 0 radical (unpaired) electrons. The maximum atomic E-state index is 12.8. The molecule has 0 aromatic heterocycles. The lowest BCUT2D eigenvalue weighted by molar-refractivity contribution is -0.121. The van der Waals surface area contributed by atoms with Crippen molar-refractivity contribution in [2.75, 3.05) is 13.2 Å². The first-order valence-electron chi connectivity index (χ1n) is 5.99. The van der Waals surface area contributed by atoms with Crippen molar-refractivity contribution in [3.63, 3.8) is 0 Å². The van der Waals surface area contributed by atoms with Gasteiger partial charge in [-0.1, -0.05) is 6.07 Å². The van der Waals surface area contributed by atoms with E-state index in [1.807, 2.05) is 6.92 Å². The molecule has 19 heavy (non-hydrogen) atoms. The van der Waals surface area contributed by atoms with E-state index in [9.17, 15) is 9.18 Å². The summed E-state index contributed by atoms with van der Waals surface area (Å²) < 4.78 is 18.2. The Morgan fingerprint density at radius 1 is 1.53 bits per heavy atom. The molecule has 0 heterocycles. The van der Waals surface area contributed by atoms with Gasteiger partial charge in [0, 0.05) is 25.1 Å². The number of hydrogen-bond acceptors (Lipinski definition) is 3. The molecule has 0 aliphatic carbocycles. The number of nitrogens with two attached hydrogens (primary N) is 1. The monoisotopic (exact) mass is 290 g/mol. The Balaban J connectivity index is 0.00000324. The van der Waals surface area contributed by atoms with Crippen molar-refractivity contribution in [1.82, 2.24) is 5.32 Å². The fourth-order valence-electron chi connectivity index (χ4n) is 1.39. The summed E-state index contributed by atoms with van der Waals surface area (Å²) in [7, 11) is 0. The Labute approximate surface area is 118 Å². The van der Waals surface area contributed by atoms with Crippen molar-refractivity contribution in [2.24, 2.45) is 5.73 Å². The SMILES string of the molecule is C[C@@H](CN)NC(=O)CCCOc1cccc(F)c1.Cl. The van der Waals surface area contributed by atoms with Gasteiger partial charge >= 0.3 is 0 Å². The van der Waals surface area contributed by atoms with Gasteiger partial charge in [-0.2, -0.15) is 0 Å². The first-order chi connectivity index (χ1) is 8.61. The van der Waals surface area contributed by atoms with Gasteiger partial charge in [0.25, 0.3) is 0 Å². The Morgan fingerprint density at radius 2 is 2.26 bits per heavy atom. The molecule has 0 aliphatic heterocycles. The Kier molecular flexibility index (Phi) is 8.91. The van der Waals surface area contributed by atoms with E-state index in [2.05, 4.69) is 5.32 Å². The molecule has 1 aromatic carbocycles. The lowest BCUT2D eigenvalue weighted by atomic mass is 10.2. The second-order valence-electron chi connectivity index (χ2n) is 4.11. The molecule has 0 fully saturated rings. The zero-order valence-corrected chi connectivity index (χ0v) is 11.7. The first kappa shape index (κ1) is 17.7. The van der Waals surface area contributed by atoms with Gasteiger partial charge in [0.2, 0.25) is 5.91 Å². The van der Waals surface area contributed by atoms with Gasteiger partial charge in [-0.15, -0.1) is 12.4 Å². The maximum absolute atomic E-state index is 12.8. The topological polar surface area (TPSA) is 64.3 Å². The average molecular weight is 291 g/mol.